The summed E-state index contributed by atoms with van der Waals surface area (Å²) in [5.41, 5.74) is 2.32. The van der Waals surface area contributed by atoms with Crippen molar-refractivity contribution in [2.45, 2.75) is 98.5 Å². The Morgan fingerprint density at radius 3 is 2.58 bits per heavy atom. The van der Waals surface area contributed by atoms with Crippen LogP contribution in [0.2, 0.25) is 0 Å². The second-order valence-corrected chi connectivity index (χ2v) is 14.1. The highest BCUT2D eigenvalue weighted by Crippen LogP contribution is 2.68. The summed E-state index contributed by atoms with van der Waals surface area (Å²) in [6.07, 6.45) is 13.9. The molecule has 5 rings (SSSR count). The lowest BCUT2D eigenvalue weighted by Gasteiger charge is -2.61. The first-order valence-corrected chi connectivity index (χ1v) is 14.3. The zero-order valence-corrected chi connectivity index (χ0v) is 22.2. The average Bonchev–Trinajstić information content (AvgIpc) is 3.14. The number of aliphatic hydroxyl groups excluding tert-OH is 2. The molecular formula is C30H51NO2. The first kappa shape index (κ1) is 24.3. The molecule has 33 heavy (non-hydrogen) atoms. The Bertz CT molecular complexity index is 760. The topological polar surface area (TPSA) is 43.7 Å². The van der Waals surface area contributed by atoms with E-state index in [0.29, 0.717) is 23.4 Å². The fourth-order valence-electron chi connectivity index (χ4n) is 10.4. The number of likely N-dealkylation sites (tertiary alicyclic amines) is 1. The van der Waals surface area contributed by atoms with Crippen molar-refractivity contribution < 1.29 is 10.2 Å². The number of rotatable bonds is 4. The molecule has 0 bridgehead atoms. The number of allylic oxidation sites excluding steroid dienone is 1. The predicted molar refractivity (Wildman–Crippen MR) is 136 cm³/mol. The molecule has 188 valence electrons. The molecule has 0 radical (unpaired) electrons. The quantitative estimate of drug-likeness (QED) is 0.516. The molecule has 1 heterocycles. The van der Waals surface area contributed by atoms with E-state index in [9.17, 15) is 10.2 Å². The van der Waals surface area contributed by atoms with E-state index < -0.39 is 0 Å². The molecule has 0 amide bonds. The van der Waals surface area contributed by atoms with Gasteiger partial charge in [0.05, 0.1) is 6.10 Å². The van der Waals surface area contributed by atoms with Gasteiger partial charge in [-0.05, 0) is 111 Å². The number of fused-ring (bicyclic) bond motifs is 5. The van der Waals surface area contributed by atoms with Gasteiger partial charge >= 0.3 is 0 Å². The lowest BCUT2D eigenvalue weighted by molar-refractivity contribution is -0.0792. The second-order valence-electron chi connectivity index (χ2n) is 14.1. The van der Waals surface area contributed by atoms with E-state index in [2.05, 4.69) is 45.6 Å². The van der Waals surface area contributed by atoms with E-state index in [1.807, 2.05) is 0 Å². The maximum atomic E-state index is 10.8. The van der Waals surface area contributed by atoms with Crippen molar-refractivity contribution in [2.24, 2.45) is 51.8 Å². The van der Waals surface area contributed by atoms with Crippen LogP contribution in [-0.2, 0) is 0 Å². The van der Waals surface area contributed by atoms with Crippen LogP contribution in [0.25, 0.3) is 0 Å². The molecule has 9 atom stereocenters. The van der Waals surface area contributed by atoms with Crippen LogP contribution in [0.5, 0.6) is 0 Å². The van der Waals surface area contributed by atoms with Gasteiger partial charge in [0.25, 0.3) is 0 Å². The molecule has 3 nitrogen and oxygen atoms in total. The summed E-state index contributed by atoms with van der Waals surface area (Å²) in [5, 5.41) is 20.4. The van der Waals surface area contributed by atoms with Crippen LogP contribution in [0.4, 0.5) is 0 Å². The Labute approximate surface area is 203 Å². The SMILES string of the molecule is C[C@H](CN1CCCC(CO)C1)[C@H]1CC[C@H]2[C@@H]3CC=C4C(C)(C)C(O)CC[C@]4(C)[C@H]3CC[C@]12C. The molecule has 0 aromatic heterocycles. The molecule has 1 aliphatic heterocycles. The van der Waals surface area contributed by atoms with Crippen LogP contribution >= 0.6 is 0 Å². The van der Waals surface area contributed by atoms with Crippen LogP contribution in [-0.4, -0.2) is 47.5 Å². The summed E-state index contributed by atoms with van der Waals surface area (Å²) in [4.78, 5) is 2.67. The Morgan fingerprint density at radius 1 is 1.03 bits per heavy atom. The number of nitrogens with zero attached hydrogens (tertiary/aromatic N) is 1. The van der Waals surface area contributed by atoms with Gasteiger partial charge in [0, 0.05) is 25.1 Å². The summed E-state index contributed by atoms with van der Waals surface area (Å²) >= 11 is 0. The van der Waals surface area contributed by atoms with E-state index in [0.717, 1.165) is 42.6 Å². The maximum Gasteiger partial charge on any atom is 0.0628 e. The highest BCUT2D eigenvalue weighted by atomic mass is 16.3. The Hall–Kier alpha value is -0.380. The van der Waals surface area contributed by atoms with Crippen LogP contribution in [0.3, 0.4) is 0 Å². The predicted octanol–water partition coefficient (Wildman–Crippen LogP) is 5.90. The molecule has 0 aromatic carbocycles. The molecule has 0 aromatic rings. The Morgan fingerprint density at radius 2 is 1.82 bits per heavy atom. The van der Waals surface area contributed by atoms with Crippen molar-refractivity contribution in [3.05, 3.63) is 11.6 Å². The normalized spacial score (nSPS) is 48.4. The first-order chi connectivity index (χ1) is 15.6. The number of hydrogen-bond acceptors (Lipinski definition) is 3. The summed E-state index contributed by atoms with van der Waals surface area (Å²) < 4.78 is 0. The Balaban J connectivity index is 1.33. The van der Waals surface area contributed by atoms with E-state index in [4.69, 9.17) is 0 Å². The summed E-state index contributed by atoms with van der Waals surface area (Å²) in [7, 11) is 0. The van der Waals surface area contributed by atoms with Gasteiger partial charge in [-0.3, -0.25) is 0 Å². The van der Waals surface area contributed by atoms with Crippen LogP contribution in [0.1, 0.15) is 92.4 Å². The molecule has 4 aliphatic carbocycles. The third kappa shape index (κ3) is 3.78. The van der Waals surface area contributed by atoms with Crippen molar-refractivity contribution in [3.63, 3.8) is 0 Å². The van der Waals surface area contributed by atoms with E-state index in [1.54, 1.807) is 5.57 Å². The average molecular weight is 458 g/mol. The molecule has 2 unspecified atom stereocenters. The zero-order valence-electron chi connectivity index (χ0n) is 22.2. The molecule has 4 fully saturated rings. The molecule has 1 saturated heterocycles. The van der Waals surface area contributed by atoms with Crippen LogP contribution in [0.15, 0.2) is 11.6 Å². The number of hydrogen-bond donors (Lipinski definition) is 2. The number of piperidine rings is 1. The van der Waals surface area contributed by atoms with Gasteiger partial charge in [-0.2, -0.15) is 0 Å². The monoisotopic (exact) mass is 457 g/mol. The van der Waals surface area contributed by atoms with Gasteiger partial charge in [-0.25, -0.2) is 0 Å². The van der Waals surface area contributed by atoms with E-state index >= 15 is 0 Å². The van der Waals surface area contributed by atoms with Crippen molar-refractivity contribution >= 4 is 0 Å². The van der Waals surface area contributed by atoms with Crippen molar-refractivity contribution in [3.8, 4) is 0 Å². The van der Waals surface area contributed by atoms with Crippen molar-refractivity contribution in [2.75, 3.05) is 26.2 Å². The number of aliphatic hydroxyl groups is 2. The van der Waals surface area contributed by atoms with Gasteiger partial charge < -0.3 is 15.1 Å². The standard InChI is InChI=1S/C30H51NO2/c1-20(17-31-16-6-7-21(18-31)19-32)23-9-10-24-22-8-11-26-28(2,3)27(33)13-15-30(26,5)25(22)12-14-29(23,24)4/h11,20-25,27,32-33H,6-10,12-19H2,1-5H3/t20-,21?,22+,23-,24+,25+,27?,29-,30-/m1/s1. The smallest absolute Gasteiger partial charge is 0.0628 e. The van der Waals surface area contributed by atoms with Gasteiger partial charge in [0.2, 0.25) is 0 Å². The van der Waals surface area contributed by atoms with E-state index in [-0.39, 0.29) is 11.5 Å². The van der Waals surface area contributed by atoms with Gasteiger partial charge in [-0.1, -0.05) is 46.3 Å². The third-order valence-corrected chi connectivity index (χ3v) is 12.1. The van der Waals surface area contributed by atoms with Crippen molar-refractivity contribution in [1.82, 2.24) is 4.90 Å². The lowest BCUT2D eigenvalue weighted by Crippen LogP contribution is -2.54. The summed E-state index contributed by atoms with van der Waals surface area (Å²) in [6, 6.07) is 0. The highest BCUT2D eigenvalue weighted by molar-refractivity contribution is 5.31. The van der Waals surface area contributed by atoms with Gasteiger partial charge in [-0.15, -0.1) is 0 Å². The molecular weight excluding hydrogens is 406 g/mol. The fourth-order valence-corrected chi connectivity index (χ4v) is 10.4. The molecule has 3 saturated carbocycles. The molecule has 3 heteroatoms. The summed E-state index contributed by atoms with van der Waals surface area (Å²) in [5.74, 6) is 4.62. The maximum absolute atomic E-state index is 10.8. The second kappa shape index (κ2) is 8.63. The Kier molecular flexibility index (Phi) is 6.36. The summed E-state index contributed by atoms with van der Waals surface area (Å²) in [6.45, 7) is 16.3. The molecule has 5 aliphatic rings. The molecule has 2 N–H and O–H groups in total. The highest BCUT2D eigenvalue weighted by Gasteiger charge is 2.61. The zero-order chi connectivity index (χ0) is 23.6. The van der Waals surface area contributed by atoms with Gasteiger partial charge in [0.1, 0.15) is 0 Å². The lowest BCUT2D eigenvalue weighted by atomic mass is 9.44. The van der Waals surface area contributed by atoms with Gasteiger partial charge in [0.15, 0.2) is 0 Å². The van der Waals surface area contributed by atoms with E-state index in [1.165, 1.54) is 64.5 Å². The fraction of sp³-hybridized carbons (Fsp3) is 0.933. The van der Waals surface area contributed by atoms with Crippen LogP contribution in [0, 0.1) is 51.8 Å². The minimum Gasteiger partial charge on any atom is -0.396 e. The first-order valence-electron chi connectivity index (χ1n) is 14.3. The molecule has 0 spiro atoms. The largest absolute Gasteiger partial charge is 0.396 e. The van der Waals surface area contributed by atoms with Crippen molar-refractivity contribution in [1.29, 1.82) is 0 Å². The third-order valence-electron chi connectivity index (χ3n) is 12.1. The van der Waals surface area contributed by atoms with Crippen LogP contribution < -0.4 is 0 Å². The minimum absolute atomic E-state index is 0.0632. The minimum atomic E-state index is -0.181.